The number of carbonyl (C=O) groups is 1. The number of hydrogen-bond donors (Lipinski definition) is 1. The summed E-state index contributed by atoms with van der Waals surface area (Å²) in [5, 5.41) is 4.06. The minimum absolute atomic E-state index is 0.149. The van der Waals surface area contributed by atoms with E-state index in [2.05, 4.69) is 5.32 Å². The van der Waals surface area contributed by atoms with Crippen molar-refractivity contribution in [3.05, 3.63) is 51.7 Å². The van der Waals surface area contributed by atoms with Gasteiger partial charge in [0, 0.05) is 16.3 Å². The maximum atomic E-state index is 13.3. The Kier molecular flexibility index (Phi) is 3.72. The van der Waals surface area contributed by atoms with Gasteiger partial charge < -0.3 is 5.32 Å². The summed E-state index contributed by atoms with van der Waals surface area (Å²) in [5.41, 5.74) is 0.310. The quantitative estimate of drug-likeness (QED) is 0.899. The molecule has 1 amide bonds. The molecule has 0 aliphatic carbocycles. The molecular weight excluding hydrogens is 256 g/mol. The number of carbonyl (C=O) groups excluding carboxylic acids is 1. The van der Waals surface area contributed by atoms with E-state index >= 15 is 0 Å². The van der Waals surface area contributed by atoms with Crippen molar-refractivity contribution in [3.8, 4) is 0 Å². The van der Waals surface area contributed by atoms with Crippen LogP contribution in [0.1, 0.15) is 22.2 Å². The Morgan fingerprint density at radius 2 is 2.11 bits per heavy atom. The highest BCUT2D eigenvalue weighted by Gasteiger charge is 2.11. The lowest BCUT2D eigenvalue weighted by molar-refractivity contribution is 0.102. The van der Waals surface area contributed by atoms with Gasteiger partial charge in [0.1, 0.15) is 11.6 Å². The van der Waals surface area contributed by atoms with E-state index in [0.29, 0.717) is 5.56 Å². The van der Waals surface area contributed by atoms with Crippen molar-refractivity contribution < 1.29 is 13.6 Å². The summed E-state index contributed by atoms with van der Waals surface area (Å²) in [7, 11) is 0. The number of hydrogen-bond acceptors (Lipinski definition) is 2. The summed E-state index contributed by atoms with van der Waals surface area (Å²) in [6.45, 7) is 1.99. The fraction of sp³-hybridized carbons (Fsp3) is 0.154. The molecule has 1 aromatic carbocycles. The first-order valence-corrected chi connectivity index (χ1v) is 6.32. The van der Waals surface area contributed by atoms with Gasteiger partial charge in [0.2, 0.25) is 0 Å². The Bertz CT molecular complexity index is 580. The number of anilines is 1. The third kappa shape index (κ3) is 2.73. The Balaban J connectivity index is 2.18. The Morgan fingerprint density at radius 1 is 1.33 bits per heavy atom. The van der Waals surface area contributed by atoms with Crippen molar-refractivity contribution in [1.29, 1.82) is 0 Å². The van der Waals surface area contributed by atoms with Crippen LogP contribution >= 0.6 is 11.3 Å². The first-order valence-electron chi connectivity index (χ1n) is 5.44. The van der Waals surface area contributed by atoms with Crippen molar-refractivity contribution in [2.75, 3.05) is 5.32 Å². The molecular formula is C13H11F2NOS. The first kappa shape index (κ1) is 12.7. The first-order chi connectivity index (χ1) is 8.60. The van der Waals surface area contributed by atoms with Gasteiger partial charge >= 0.3 is 0 Å². The summed E-state index contributed by atoms with van der Waals surface area (Å²) >= 11 is 1.47. The van der Waals surface area contributed by atoms with Gasteiger partial charge in [-0.1, -0.05) is 6.92 Å². The van der Waals surface area contributed by atoms with Gasteiger partial charge in [0.25, 0.3) is 5.91 Å². The number of amides is 1. The highest BCUT2D eigenvalue weighted by Crippen LogP contribution is 2.19. The topological polar surface area (TPSA) is 29.1 Å². The predicted molar refractivity (Wildman–Crippen MR) is 68.0 cm³/mol. The van der Waals surface area contributed by atoms with Crippen LogP contribution in [0, 0.1) is 11.6 Å². The number of rotatable bonds is 3. The van der Waals surface area contributed by atoms with Crippen LogP contribution in [-0.2, 0) is 6.42 Å². The molecule has 1 N–H and O–H groups in total. The van der Waals surface area contributed by atoms with Crippen LogP contribution in [0.2, 0.25) is 0 Å². The number of halogens is 2. The molecule has 1 aromatic heterocycles. The molecule has 2 nitrogen and oxygen atoms in total. The van der Waals surface area contributed by atoms with Crippen LogP contribution in [-0.4, -0.2) is 5.91 Å². The fourth-order valence-electron chi connectivity index (χ4n) is 1.47. The van der Waals surface area contributed by atoms with Crippen molar-refractivity contribution in [1.82, 2.24) is 0 Å². The summed E-state index contributed by atoms with van der Waals surface area (Å²) < 4.78 is 26.3. The van der Waals surface area contributed by atoms with Gasteiger partial charge in [0.05, 0.1) is 11.3 Å². The molecule has 94 valence electrons. The second-order valence-corrected chi connectivity index (χ2v) is 4.73. The minimum Gasteiger partial charge on any atom is -0.319 e. The average Bonchev–Trinajstić information content (AvgIpc) is 2.82. The van der Waals surface area contributed by atoms with Crippen LogP contribution in [0.15, 0.2) is 29.6 Å². The number of nitrogens with one attached hydrogen (secondary N) is 1. The minimum atomic E-state index is -0.657. The van der Waals surface area contributed by atoms with Crippen LogP contribution in [0.4, 0.5) is 14.5 Å². The van der Waals surface area contributed by atoms with E-state index in [0.717, 1.165) is 29.5 Å². The molecule has 2 rings (SSSR count). The maximum absolute atomic E-state index is 13.3. The summed E-state index contributed by atoms with van der Waals surface area (Å²) in [6.07, 6.45) is 0.840. The van der Waals surface area contributed by atoms with E-state index in [1.54, 1.807) is 11.4 Å². The fourth-order valence-corrected chi connectivity index (χ4v) is 2.29. The summed E-state index contributed by atoms with van der Waals surface area (Å²) in [4.78, 5) is 12.9. The standard InChI is InChI=1S/C13H11F2NOS/c1-2-10-5-8(7-18-10)13(17)16-12-6-9(14)3-4-11(12)15/h3-7H,2H2,1H3,(H,16,17). The molecule has 0 fully saturated rings. The summed E-state index contributed by atoms with van der Waals surface area (Å²) in [5.74, 6) is -1.68. The van der Waals surface area contributed by atoms with Gasteiger partial charge in [-0.05, 0) is 24.6 Å². The van der Waals surface area contributed by atoms with Gasteiger partial charge in [-0.2, -0.15) is 0 Å². The van der Waals surface area contributed by atoms with Crippen molar-refractivity contribution in [3.63, 3.8) is 0 Å². The van der Waals surface area contributed by atoms with Crippen molar-refractivity contribution >= 4 is 22.9 Å². The number of thiophene rings is 1. The highest BCUT2D eigenvalue weighted by atomic mass is 32.1. The van der Waals surface area contributed by atoms with Crippen LogP contribution in [0.3, 0.4) is 0 Å². The molecule has 0 saturated heterocycles. The SMILES string of the molecule is CCc1cc(C(=O)Nc2cc(F)ccc2F)cs1. The second kappa shape index (κ2) is 5.27. The van der Waals surface area contributed by atoms with E-state index < -0.39 is 17.5 Å². The zero-order valence-electron chi connectivity index (χ0n) is 9.67. The predicted octanol–water partition coefficient (Wildman–Crippen LogP) is 3.84. The third-order valence-corrected chi connectivity index (χ3v) is 3.52. The van der Waals surface area contributed by atoms with Crippen molar-refractivity contribution in [2.24, 2.45) is 0 Å². The zero-order chi connectivity index (χ0) is 13.1. The molecule has 5 heteroatoms. The van der Waals surface area contributed by atoms with Crippen LogP contribution < -0.4 is 5.32 Å². The molecule has 0 aliphatic heterocycles. The lowest BCUT2D eigenvalue weighted by Gasteiger charge is -2.05. The monoisotopic (exact) mass is 267 g/mol. The van der Waals surface area contributed by atoms with E-state index in [1.807, 2.05) is 6.92 Å². The molecule has 0 bridgehead atoms. The molecule has 0 saturated carbocycles. The van der Waals surface area contributed by atoms with Gasteiger partial charge in [-0.3, -0.25) is 4.79 Å². The number of aryl methyl sites for hydroxylation is 1. The molecule has 1 heterocycles. The largest absolute Gasteiger partial charge is 0.319 e. The Labute approximate surface area is 107 Å². The lowest BCUT2D eigenvalue weighted by atomic mass is 10.2. The molecule has 0 spiro atoms. The molecule has 18 heavy (non-hydrogen) atoms. The van der Waals surface area contributed by atoms with Gasteiger partial charge in [-0.15, -0.1) is 11.3 Å². The lowest BCUT2D eigenvalue weighted by Crippen LogP contribution is -2.12. The summed E-state index contributed by atoms with van der Waals surface area (Å²) in [6, 6.07) is 4.69. The molecule has 0 unspecified atom stereocenters. The van der Waals surface area contributed by atoms with Gasteiger partial charge in [0.15, 0.2) is 0 Å². The molecule has 0 aliphatic rings. The molecule has 0 radical (unpaired) electrons. The van der Waals surface area contributed by atoms with Crippen LogP contribution in [0.5, 0.6) is 0 Å². The van der Waals surface area contributed by atoms with E-state index in [1.165, 1.54) is 11.3 Å². The van der Waals surface area contributed by atoms with E-state index in [4.69, 9.17) is 0 Å². The Hall–Kier alpha value is -1.75. The average molecular weight is 267 g/mol. The van der Waals surface area contributed by atoms with E-state index in [-0.39, 0.29) is 5.69 Å². The molecule has 2 aromatic rings. The highest BCUT2D eigenvalue weighted by molar-refractivity contribution is 7.10. The zero-order valence-corrected chi connectivity index (χ0v) is 10.5. The van der Waals surface area contributed by atoms with E-state index in [9.17, 15) is 13.6 Å². The second-order valence-electron chi connectivity index (χ2n) is 3.73. The van der Waals surface area contributed by atoms with Crippen LogP contribution in [0.25, 0.3) is 0 Å². The maximum Gasteiger partial charge on any atom is 0.256 e. The van der Waals surface area contributed by atoms with Gasteiger partial charge in [-0.25, -0.2) is 8.78 Å². The normalized spacial score (nSPS) is 10.4. The Morgan fingerprint density at radius 3 is 2.78 bits per heavy atom. The molecule has 0 atom stereocenters. The smallest absolute Gasteiger partial charge is 0.256 e. The number of benzene rings is 1. The third-order valence-electron chi connectivity index (χ3n) is 2.44. The van der Waals surface area contributed by atoms with Crippen molar-refractivity contribution in [2.45, 2.75) is 13.3 Å².